The van der Waals surface area contributed by atoms with Gasteiger partial charge >= 0.3 is 5.97 Å². The van der Waals surface area contributed by atoms with Crippen LogP contribution in [-0.4, -0.2) is 20.9 Å². The smallest absolute Gasteiger partial charge is 0.356 e. The number of nitrogens with zero attached hydrogens (tertiary/aromatic N) is 2. The van der Waals surface area contributed by atoms with Gasteiger partial charge in [-0.3, -0.25) is 4.68 Å². The molecule has 0 amide bonds. The predicted octanol–water partition coefficient (Wildman–Crippen LogP) is 1.87. The second-order valence-corrected chi connectivity index (χ2v) is 3.82. The van der Waals surface area contributed by atoms with Crippen molar-refractivity contribution in [2.75, 3.05) is 5.32 Å². The maximum atomic E-state index is 13.0. The van der Waals surface area contributed by atoms with Gasteiger partial charge in [-0.05, 0) is 17.7 Å². The fraction of sp³-hybridized carbons (Fsp3) is 0.167. The summed E-state index contributed by atoms with van der Waals surface area (Å²) in [5, 5.41) is 15.8. The number of carboxylic acids is 1. The van der Waals surface area contributed by atoms with Crippen molar-refractivity contribution in [2.45, 2.75) is 6.54 Å². The predicted molar refractivity (Wildman–Crippen MR) is 63.9 cm³/mol. The van der Waals surface area contributed by atoms with Gasteiger partial charge in [0.25, 0.3) is 0 Å². The van der Waals surface area contributed by atoms with E-state index in [1.165, 1.54) is 23.0 Å². The van der Waals surface area contributed by atoms with E-state index in [9.17, 15) is 9.18 Å². The van der Waals surface area contributed by atoms with Crippen molar-refractivity contribution < 1.29 is 14.3 Å². The van der Waals surface area contributed by atoms with E-state index in [0.717, 1.165) is 5.56 Å². The Labute approximate surface area is 103 Å². The van der Waals surface area contributed by atoms with E-state index in [1.807, 2.05) is 0 Å². The largest absolute Gasteiger partial charge is 0.476 e. The van der Waals surface area contributed by atoms with Crippen molar-refractivity contribution >= 4 is 11.7 Å². The van der Waals surface area contributed by atoms with E-state index in [2.05, 4.69) is 10.4 Å². The van der Waals surface area contributed by atoms with Crippen molar-refractivity contribution in [3.63, 3.8) is 0 Å². The van der Waals surface area contributed by atoms with E-state index in [-0.39, 0.29) is 11.5 Å². The molecule has 0 saturated heterocycles. The van der Waals surface area contributed by atoms with E-state index in [1.54, 1.807) is 19.2 Å². The normalized spacial score (nSPS) is 10.3. The number of nitrogens with one attached hydrogen (secondary N) is 1. The molecule has 0 aliphatic rings. The van der Waals surface area contributed by atoms with Gasteiger partial charge in [0, 0.05) is 13.6 Å². The lowest BCUT2D eigenvalue weighted by Crippen LogP contribution is -2.09. The quantitative estimate of drug-likeness (QED) is 0.868. The van der Waals surface area contributed by atoms with Crippen LogP contribution in [-0.2, 0) is 13.6 Å². The third-order valence-corrected chi connectivity index (χ3v) is 2.51. The van der Waals surface area contributed by atoms with Crippen molar-refractivity contribution in [3.05, 3.63) is 47.5 Å². The molecule has 18 heavy (non-hydrogen) atoms. The first kappa shape index (κ1) is 12.1. The number of halogens is 1. The van der Waals surface area contributed by atoms with Crippen LogP contribution in [0.15, 0.2) is 30.5 Å². The molecular formula is C12H12FN3O2. The molecule has 0 bridgehead atoms. The van der Waals surface area contributed by atoms with Gasteiger partial charge in [0.1, 0.15) is 5.82 Å². The van der Waals surface area contributed by atoms with Crippen LogP contribution < -0.4 is 5.32 Å². The number of carbonyl (C=O) groups is 1. The van der Waals surface area contributed by atoms with E-state index >= 15 is 0 Å². The average molecular weight is 249 g/mol. The van der Waals surface area contributed by atoms with Gasteiger partial charge in [0.2, 0.25) is 0 Å². The van der Waals surface area contributed by atoms with Crippen molar-refractivity contribution in [3.8, 4) is 0 Å². The molecule has 6 heteroatoms. The number of aryl methyl sites for hydroxylation is 1. The van der Waals surface area contributed by atoms with Crippen LogP contribution in [0, 0.1) is 5.82 Å². The maximum absolute atomic E-state index is 13.0. The highest BCUT2D eigenvalue weighted by molar-refractivity contribution is 5.92. The molecule has 1 aromatic heterocycles. The van der Waals surface area contributed by atoms with Gasteiger partial charge in [0.05, 0.1) is 11.9 Å². The third kappa shape index (κ3) is 2.48. The van der Waals surface area contributed by atoms with Gasteiger partial charge in [-0.15, -0.1) is 0 Å². The number of benzene rings is 1. The molecule has 0 radical (unpaired) electrons. The second-order valence-electron chi connectivity index (χ2n) is 3.82. The van der Waals surface area contributed by atoms with Crippen molar-refractivity contribution in [1.29, 1.82) is 0 Å². The van der Waals surface area contributed by atoms with Gasteiger partial charge in [-0.25, -0.2) is 9.18 Å². The standard InChI is InChI=1S/C12H12FN3O2/c1-16-11(12(17)18)10(7-15-16)14-6-8-3-2-4-9(13)5-8/h2-5,7,14H,6H2,1H3,(H,17,18). The Morgan fingerprint density at radius 3 is 3.00 bits per heavy atom. The highest BCUT2D eigenvalue weighted by atomic mass is 19.1. The number of aromatic carboxylic acids is 1. The molecule has 94 valence electrons. The summed E-state index contributed by atoms with van der Waals surface area (Å²) in [5.74, 6) is -1.38. The molecule has 0 fully saturated rings. The Balaban J connectivity index is 2.13. The Morgan fingerprint density at radius 2 is 2.33 bits per heavy atom. The number of carboxylic acid groups (broad SMARTS) is 1. The van der Waals surface area contributed by atoms with E-state index in [4.69, 9.17) is 5.11 Å². The SMILES string of the molecule is Cn1ncc(NCc2cccc(F)c2)c1C(=O)O. The van der Waals surface area contributed by atoms with Crippen molar-refractivity contribution in [2.24, 2.45) is 7.05 Å². The molecule has 1 heterocycles. The van der Waals surface area contributed by atoms with Crippen LogP contribution in [0.25, 0.3) is 0 Å². The molecule has 2 N–H and O–H groups in total. The zero-order valence-corrected chi connectivity index (χ0v) is 9.72. The van der Waals surface area contributed by atoms with Crippen molar-refractivity contribution in [1.82, 2.24) is 9.78 Å². The fourth-order valence-electron chi connectivity index (χ4n) is 1.66. The summed E-state index contributed by atoms with van der Waals surface area (Å²) in [7, 11) is 1.55. The van der Waals surface area contributed by atoms with Crippen LogP contribution in [0.2, 0.25) is 0 Å². The van der Waals surface area contributed by atoms with Gasteiger partial charge in [0.15, 0.2) is 5.69 Å². The first-order valence-corrected chi connectivity index (χ1v) is 5.31. The number of rotatable bonds is 4. The number of hydrogen-bond acceptors (Lipinski definition) is 3. The Bertz CT molecular complexity index is 580. The Hall–Kier alpha value is -2.37. The van der Waals surface area contributed by atoms with E-state index < -0.39 is 5.97 Å². The number of hydrogen-bond donors (Lipinski definition) is 2. The van der Waals surface area contributed by atoms with Crippen LogP contribution in [0.4, 0.5) is 10.1 Å². The number of anilines is 1. The zero-order chi connectivity index (χ0) is 13.1. The summed E-state index contributed by atoms with van der Waals surface area (Å²) < 4.78 is 14.2. The first-order chi connectivity index (χ1) is 8.58. The minimum Gasteiger partial charge on any atom is -0.476 e. The summed E-state index contributed by atoms with van der Waals surface area (Å²) >= 11 is 0. The fourth-order valence-corrected chi connectivity index (χ4v) is 1.66. The molecular weight excluding hydrogens is 237 g/mol. The third-order valence-electron chi connectivity index (χ3n) is 2.51. The molecule has 0 aliphatic heterocycles. The van der Waals surface area contributed by atoms with Crippen LogP contribution >= 0.6 is 0 Å². The molecule has 5 nitrogen and oxygen atoms in total. The second kappa shape index (κ2) is 4.87. The summed E-state index contributed by atoms with van der Waals surface area (Å²) in [6, 6.07) is 6.11. The summed E-state index contributed by atoms with van der Waals surface area (Å²) in [6.07, 6.45) is 1.43. The molecule has 0 atom stereocenters. The van der Waals surface area contributed by atoms with Gasteiger partial charge in [-0.2, -0.15) is 5.10 Å². The molecule has 0 aliphatic carbocycles. The zero-order valence-electron chi connectivity index (χ0n) is 9.72. The van der Waals surface area contributed by atoms with Crippen LogP contribution in [0.3, 0.4) is 0 Å². The summed E-state index contributed by atoms with van der Waals surface area (Å²) in [5.41, 5.74) is 1.22. The molecule has 2 aromatic rings. The summed E-state index contributed by atoms with van der Waals surface area (Å²) in [4.78, 5) is 11.0. The van der Waals surface area contributed by atoms with Gasteiger partial charge in [-0.1, -0.05) is 12.1 Å². The highest BCUT2D eigenvalue weighted by Gasteiger charge is 2.15. The lowest BCUT2D eigenvalue weighted by atomic mass is 10.2. The van der Waals surface area contributed by atoms with E-state index in [0.29, 0.717) is 12.2 Å². The lowest BCUT2D eigenvalue weighted by Gasteiger charge is -2.06. The molecule has 0 unspecified atom stereocenters. The minimum atomic E-state index is -1.06. The average Bonchev–Trinajstić information content (AvgIpc) is 2.68. The number of aromatic nitrogens is 2. The topological polar surface area (TPSA) is 67.2 Å². The molecule has 0 saturated carbocycles. The first-order valence-electron chi connectivity index (χ1n) is 5.31. The van der Waals surface area contributed by atoms with Crippen LogP contribution in [0.1, 0.15) is 16.1 Å². The maximum Gasteiger partial charge on any atom is 0.356 e. The Morgan fingerprint density at radius 1 is 1.56 bits per heavy atom. The molecule has 0 spiro atoms. The molecule has 2 rings (SSSR count). The molecule has 1 aromatic carbocycles. The Kier molecular flexibility index (Phi) is 3.27. The minimum absolute atomic E-state index is 0.0754. The highest BCUT2D eigenvalue weighted by Crippen LogP contribution is 2.15. The summed E-state index contributed by atoms with van der Waals surface area (Å²) in [6.45, 7) is 0.337. The lowest BCUT2D eigenvalue weighted by molar-refractivity contribution is 0.0686. The monoisotopic (exact) mass is 249 g/mol. The van der Waals surface area contributed by atoms with Crippen LogP contribution in [0.5, 0.6) is 0 Å². The van der Waals surface area contributed by atoms with Gasteiger partial charge < -0.3 is 10.4 Å².